The van der Waals surface area contributed by atoms with Gasteiger partial charge in [0.25, 0.3) is 0 Å². The molecule has 0 saturated heterocycles. The second-order valence-corrected chi connectivity index (χ2v) is 30.4. The molecule has 4 nitrogen and oxygen atoms in total. The van der Waals surface area contributed by atoms with E-state index < -0.39 is 0 Å². The molecule has 5 aliphatic rings. The average molecular weight is 1060 g/mol. The van der Waals surface area contributed by atoms with Gasteiger partial charge in [-0.3, -0.25) is 4.90 Å². The van der Waals surface area contributed by atoms with E-state index in [-0.39, 0.29) is 44.8 Å². The van der Waals surface area contributed by atoms with Crippen molar-refractivity contribution in [3.63, 3.8) is 0 Å². The largest absolute Gasteiger partial charge is 0.455 e. The molecule has 3 aliphatic carbocycles. The molecule has 2 aromatic heterocycles. The molecule has 408 valence electrons. The van der Waals surface area contributed by atoms with Crippen LogP contribution in [0.5, 0.6) is 0 Å². The molecule has 4 heterocycles. The Hall–Kier alpha value is -6.98. The van der Waals surface area contributed by atoms with Crippen molar-refractivity contribution in [2.45, 2.75) is 180 Å². The van der Waals surface area contributed by atoms with E-state index in [9.17, 15) is 0 Å². The zero-order valence-corrected chi connectivity index (χ0v) is 50.7. The van der Waals surface area contributed by atoms with Gasteiger partial charge in [-0.1, -0.05) is 171 Å². The Morgan fingerprint density at radius 3 is 1.60 bits per heavy atom. The summed E-state index contributed by atoms with van der Waals surface area (Å²) in [6, 6.07) is 52.3. The van der Waals surface area contributed by atoms with Gasteiger partial charge in [-0.05, 0) is 204 Å². The standard InChI is InChI=1S/C76H79BN2O2/c1-70(2,3)46-25-29-60(50(38-46)44-21-17-16-18-22-44)78-67-48-24-20-19-23-45(48)37-53-64-61(30-27-49-51-40-56-58(42-62(51)80-68(49)64)75(12,13)35-33-73(56,8)9)79(47-26-28-54-55(39-47)72(6,7)32-31-71(54,4)5)77(65(53)67)66-52-41-57-59(43-63(52)81-69(66)78)76(14,15)36-34-74(57,10)11/h16-30,37-43H,31-36H2,1-15H3. The Morgan fingerprint density at radius 1 is 0.432 bits per heavy atom. The Kier molecular flexibility index (Phi) is 10.3. The molecule has 5 heteroatoms. The normalized spacial score (nSPS) is 19.5. The van der Waals surface area contributed by atoms with Crippen molar-refractivity contribution in [2.24, 2.45) is 0 Å². The van der Waals surface area contributed by atoms with Crippen LogP contribution >= 0.6 is 0 Å². The first-order chi connectivity index (χ1) is 38.2. The molecule has 0 unspecified atom stereocenters. The van der Waals surface area contributed by atoms with E-state index >= 15 is 0 Å². The first-order valence-electron chi connectivity index (χ1n) is 30.4. The Labute approximate surface area is 481 Å². The zero-order valence-electron chi connectivity index (χ0n) is 50.7. The van der Waals surface area contributed by atoms with Crippen molar-refractivity contribution >= 4 is 90.1 Å². The summed E-state index contributed by atoms with van der Waals surface area (Å²) < 4.78 is 15.5. The van der Waals surface area contributed by atoms with Gasteiger partial charge in [-0.25, -0.2) is 0 Å². The maximum absolute atomic E-state index is 7.87. The van der Waals surface area contributed by atoms with Crippen LogP contribution in [0.25, 0.3) is 65.9 Å². The monoisotopic (exact) mass is 1060 g/mol. The number of furan rings is 2. The lowest BCUT2D eigenvalue weighted by atomic mass is 9.43. The molecule has 0 amide bonds. The molecule has 81 heavy (non-hydrogen) atoms. The van der Waals surface area contributed by atoms with Crippen LogP contribution in [0.4, 0.5) is 28.6 Å². The van der Waals surface area contributed by atoms with Gasteiger partial charge in [0.05, 0.1) is 11.4 Å². The summed E-state index contributed by atoms with van der Waals surface area (Å²) in [4.78, 5) is 5.30. The first-order valence-corrected chi connectivity index (χ1v) is 30.4. The summed E-state index contributed by atoms with van der Waals surface area (Å²) in [7, 11) is 0. The van der Waals surface area contributed by atoms with Crippen LogP contribution in [0.2, 0.25) is 0 Å². The number of hydrogen-bond donors (Lipinski definition) is 0. The number of hydrogen-bond acceptors (Lipinski definition) is 4. The van der Waals surface area contributed by atoms with Gasteiger partial charge in [0.1, 0.15) is 16.7 Å². The molecule has 0 N–H and O–H groups in total. The minimum Gasteiger partial charge on any atom is -0.455 e. The number of nitrogens with zero attached hydrogens (tertiary/aromatic N) is 2. The van der Waals surface area contributed by atoms with E-state index in [4.69, 9.17) is 8.83 Å². The quantitative estimate of drug-likeness (QED) is 0.165. The van der Waals surface area contributed by atoms with E-state index in [1.165, 1.54) is 99.2 Å². The lowest BCUT2D eigenvalue weighted by molar-refractivity contribution is 0.332. The summed E-state index contributed by atoms with van der Waals surface area (Å²) in [5, 5.41) is 5.94. The predicted octanol–water partition coefficient (Wildman–Crippen LogP) is 20.2. The number of fused-ring (bicyclic) bond motifs is 15. The SMILES string of the molecule is CC(C)(C)c1ccc(N2c3oc4cc5c(cc4c3B3c4c(cc6ccccc6c42)-c2c(ccc4c2oc2cc6c(cc24)C(C)(C)CCC6(C)C)N3c2ccc3c(c2)C(C)(C)CCC3(C)C)C(C)(C)CCC5(C)C)c(-c2ccccc2)c1. The van der Waals surface area contributed by atoms with Crippen molar-refractivity contribution in [2.75, 3.05) is 9.71 Å². The van der Waals surface area contributed by atoms with Crippen LogP contribution in [-0.2, 0) is 37.9 Å². The number of anilines is 5. The van der Waals surface area contributed by atoms with Crippen molar-refractivity contribution in [1.29, 1.82) is 0 Å². The summed E-state index contributed by atoms with van der Waals surface area (Å²) in [5.41, 5.74) is 24.6. The van der Waals surface area contributed by atoms with Crippen LogP contribution in [-0.4, -0.2) is 6.85 Å². The highest BCUT2D eigenvalue weighted by Gasteiger charge is 2.51. The van der Waals surface area contributed by atoms with Crippen molar-refractivity contribution in [3.8, 4) is 22.3 Å². The Balaban J connectivity index is 1.13. The molecule has 0 radical (unpaired) electrons. The van der Waals surface area contributed by atoms with Crippen molar-refractivity contribution < 1.29 is 8.83 Å². The highest BCUT2D eigenvalue weighted by atomic mass is 16.4. The van der Waals surface area contributed by atoms with Gasteiger partial charge >= 0.3 is 6.85 Å². The van der Waals surface area contributed by atoms with Crippen LogP contribution in [0.1, 0.15) is 181 Å². The summed E-state index contributed by atoms with van der Waals surface area (Å²) in [5.74, 6) is 0.886. The third-order valence-electron chi connectivity index (χ3n) is 21.4. The lowest BCUT2D eigenvalue weighted by Crippen LogP contribution is -2.61. The molecule has 15 rings (SSSR count). The van der Waals surface area contributed by atoms with Crippen LogP contribution in [0.3, 0.4) is 0 Å². The van der Waals surface area contributed by atoms with E-state index in [1.54, 1.807) is 0 Å². The minimum absolute atomic E-state index is 0.0100. The van der Waals surface area contributed by atoms with Crippen LogP contribution in [0, 0.1) is 0 Å². The Bertz CT molecular complexity index is 4360. The van der Waals surface area contributed by atoms with Gasteiger partial charge in [0.2, 0.25) is 5.88 Å². The molecule has 0 saturated carbocycles. The number of benzene rings is 8. The summed E-state index contributed by atoms with van der Waals surface area (Å²) >= 11 is 0. The minimum atomic E-state index is -0.278. The lowest BCUT2D eigenvalue weighted by Gasteiger charge is -2.46. The molecule has 0 spiro atoms. The van der Waals surface area contributed by atoms with Gasteiger partial charge in [0.15, 0.2) is 0 Å². The fraction of sp³-hybridized carbons (Fsp3) is 0.368. The number of rotatable bonds is 3. The van der Waals surface area contributed by atoms with Crippen molar-refractivity contribution in [1.82, 2.24) is 0 Å². The highest BCUT2D eigenvalue weighted by Crippen LogP contribution is 2.58. The average Bonchev–Trinajstić information content (AvgIpc) is 3.52. The maximum Gasteiger partial charge on any atom is 0.337 e. The summed E-state index contributed by atoms with van der Waals surface area (Å²) in [6.07, 6.45) is 6.84. The predicted molar refractivity (Wildman–Crippen MR) is 345 cm³/mol. The van der Waals surface area contributed by atoms with E-state index in [0.29, 0.717) is 0 Å². The maximum atomic E-state index is 7.87. The molecule has 0 atom stereocenters. The summed E-state index contributed by atoms with van der Waals surface area (Å²) in [6.45, 7) is 36.1. The third kappa shape index (κ3) is 7.21. The molecule has 10 aromatic rings. The molecule has 0 fully saturated rings. The van der Waals surface area contributed by atoms with E-state index in [0.717, 1.165) is 83.8 Å². The molecule has 8 aromatic carbocycles. The fourth-order valence-electron chi connectivity index (χ4n) is 15.9. The van der Waals surface area contributed by atoms with E-state index in [1.807, 2.05) is 0 Å². The van der Waals surface area contributed by atoms with Crippen molar-refractivity contribution in [3.05, 3.63) is 172 Å². The highest BCUT2D eigenvalue weighted by molar-refractivity contribution is 6.95. The molecular weight excluding hydrogens is 984 g/mol. The van der Waals surface area contributed by atoms with Crippen LogP contribution < -0.4 is 20.6 Å². The zero-order chi connectivity index (χ0) is 56.5. The first kappa shape index (κ1) is 50.9. The Morgan fingerprint density at radius 2 is 0.975 bits per heavy atom. The van der Waals surface area contributed by atoms with Gasteiger partial charge in [-0.15, -0.1) is 0 Å². The molecular formula is C76H79BN2O2. The third-order valence-corrected chi connectivity index (χ3v) is 21.4. The van der Waals surface area contributed by atoms with Gasteiger partial charge in [-0.2, -0.15) is 0 Å². The fourth-order valence-corrected chi connectivity index (χ4v) is 15.9. The molecule has 0 bridgehead atoms. The molecule has 2 aliphatic heterocycles. The van der Waals surface area contributed by atoms with Gasteiger partial charge in [0, 0.05) is 49.5 Å². The smallest absolute Gasteiger partial charge is 0.337 e. The van der Waals surface area contributed by atoms with Gasteiger partial charge < -0.3 is 13.6 Å². The second kappa shape index (κ2) is 16.4. The topological polar surface area (TPSA) is 32.8 Å². The second-order valence-electron chi connectivity index (χ2n) is 30.4. The van der Waals surface area contributed by atoms with E-state index in [2.05, 4.69) is 247 Å². The van der Waals surface area contributed by atoms with Crippen LogP contribution in [0.15, 0.2) is 142 Å².